The summed E-state index contributed by atoms with van der Waals surface area (Å²) in [6.45, 7) is 7.22. The van der Waals surface area contributed by atoms with Crippen LogP contribution in [0.2, 0.25) is 0 Å². The highest BCUT2D eigenvalue weighted by atomic mass is 15.4. The van der Waals surface area contributed by atoms with Crippen LogP contribution in [0, 0.1) is 5.92 Å². The Hall–Kier alpha value is -0.940. The molecular weight excluding hydrogens is 202 g/mol. The highest BCUT2D eigenvalue weighted by molar-refractivity contribution is 4.90. The van der Waals surface area contributed by atoms with Crippen LogP contribution in [0.15, 0.2) is 6.20 Å². The Kier molecular flexibility index (Phi) is 3.90. The maximum atomic E-state index is 5.49. The molecule has 1 aliphatic heterocycles. The van der Waals surface area contributed by atoms with Gasteiger partial charge in [0.05, 0.1) is 12.2 Å². The first kappa shape index (κ1) is 11.5. The van der Waals surface area contributed by atoms with Crippen LogP contribution in [0.1, 0.15) is 25.5 Å². The summed E-state index contributed by atoms with van der Waals surface area (Å²) in [5, 5.41) is 8.03. The van der Waals surface area contributed by atoms with Gasteiger partial charge in [-0.15, -0.1) is 5.10 Å². The lowest BCUT2D eigenvalue weighted by atomic mass is 10.1. The summed E-state index contributed by atoms with van der Waals surface area (Å²) < 4.78 is 1.89. The van der Waals surface area contributed by atoms with E-state index in [1.54, 1.807) is 0 Å². The van der Waals surface area contributed by atoms with E-state index in [9.17, 15) is 0 Å². The number of nitrogens with zero attached hydrogens (tertiary/aromatic N) is 4. The SMILES string of the molecule is CCC1CCN(CCn2cc(CN)nn2)C1. The first-order valence-electron chi connectivity index (χ1n) is 6.13. The predicted octanol–water partition coefficient (Wildman–Crippen LogP) is 0.469. The number of hydrogen-bond donors (Lipinski definition) is 1. The Morgan fingerprint density at radius 3 is 3.00 bits per heavy atom. The Morgan fingerprint density at radius 2 is 2.38 bits per heavy atom. The molecule has 1 aromatic rings. The summed E-state index contributed by atoms with van der Waals surface area (Å²) >= 11 is 0. The number of hydrogen-bond acceptors (Lipinski definition) is 4. The molecule has 0 aromatic carbocycles. The van der Waals surface area contributed by atoms with Crippen molar-refractivity contribution < 1.29 is 0 Å². The molecule has 0 radical (unpaired) electrons. The molecule has 2 N–H and O–H groups in total. The Morgan fingerprint density at radius 1 is 1.50 bits per heavy atom. The fourth-order valence-corrected chi connectivity index (χ4v) is 2.23. The van der Waals surface area contributed by atoms with Gasteiger partial charge in [0.25, 0.3) is 0 Å². The minimum absolute atomic E-state index is 0.474. The summed E-state index contributed by atoms with van der Waals surface area (Å²) in [5.74, 6) is 0.898. The van der Waals surface area contributed by atoms with Gasteiger partial charge in [0.2, 0.25) is 0 Å². The van der Waals surface area contributed by atoms with Gasteiger partial charge in [-0.1, -0.05) is 18.6 Å². The topological polar surface area (TPSA) is 60.0 Å². The van der Waals surface area contributed by atoms with Crippen LogP contribution >= 0.6 is 0 Å². The molecule has 1 fully saturated rings. The maximum Gasteiger partial charge on any atom is 0.0962 e. The fraction of sp³-hybridized carbons (Fsp3) is 0.818. The summed E-state index contributed by atoms with van der Waals surface area (Å²) in [6, 6.07) is 0. The third-order valence-electron chi connectivity index (χ3n) is 3.39. The van der Waals surface area contributed by atoms with Crippen molar-refractivity contribution in [1.29, 1.82) is 0 Å². The normalized spacial score (nSPS) is 21.8. The monoisotopic (exact) mass is 223 g/mol. The molecule has 5 nitrogen and oxygen atoms in total. The second-order valence-electron chi connectivity index (χ2n) is 4.54. The highest BCUT2D eigenvalue weighted by Gasteiger charge is 2.20. The lowest BCUT2D eigenvalue weighted by Crippen LogP contribution is -2.25. The zero-order valence-corrected chi connectivity index (χ0v) is 9.97. The van der Waals surface area contributed by atoms with E-state index in [-0.39, 0.29) is 0 Å². The Labute approximate surface area is 96.6 Å². The van der Waals surface area contributed by atoms with Crippen molar-refractivity contribution in [2.24, 2.45) is 11.7 Å². The summed E-state index contributed by atoms with van der Waals surface area (Å²) in [7, 11) is 0. The highest BCUT2D eigenvalue weighted by Crippen LogP contribution is 2.18. The van der Waals surface area contributed by atoms with Crippen LogP contribution < -0.4 is 5.73 Å². The number of aromatic nitrogens is 3. The molecule has 1 unspecified atom stereocenters. The molecule has 5 heteroatoms. The largest absolute Gasteiger partial charge is 0.325 e. The van der Waals surface area contributed by atoms with Gasteiger partial charge in [-0.05, 0) is 18.9 Å². The number of likely N-dealkylation sites (tertiary alicyclic amines) is 1. The maximum absolute atomic E-state index is 5.49. The van der Waals surface area contributed by atoms with Gasteiger partial charge >= 0.3 is 0 Å². The molecule has 0 bridgehead atoms. The van der Waals surface area contributed by atoms with Gasteiger partial charge in [-0.25, -0.2) is 0 Å². The van der Waals surface area contributed by atoms with E-state index in [1.165, 1.54) is 25.9 Å². The Bertz CT molecular complexity index is 322. The van der Waals surface area contributed by atoms with Crippen molar-refractivity contribution in [3.8, 4) is 0 Å². The van der Waals surface area contributed by atoms with E-state index in [1.807, 2.05) is 10.9 Å². The van der Waals surface area contributed by atoms with Crippen LogP contribution in [-0.2, 0) is 13.1 Å². The van der Waals surface area contributed by atoms with Gasteiger partial charge in [-0.3, -0.25) is 4.68 Å². The van der Waals surface area contributed by atoms with Gasteiger partial charge in [0.15, 0.2) is 0 Å². The number of nitrogens with two attached hydrogens (primary N) is 1. The first-order chi connectivity index (χ1) is 7.81. The number of rotatable bonds is 5. The third-order valence-corrected chi connectivity index (χ3v) is 3.39. The lowest BCUT2D eigenvalue weighted by molar-refractivity contribution is 0.301. The van der Waals surface area contributed by atoms with Crippen molar-refractivity contribution in [3.05, 3.63) is 11.9 Å². The second kappa shape index (κ2) is 5.41. The molecule has 1 saturated heterocycles. The molecule has 0 spiro atoms. The lowest BCUT2D eigenvalue weighted by Gasteiger charge is -2.14. The van der Waals surface area contributed by atoms with E-state index in [0.29, 0.717) is 6.54 Å². The smallest absolute Gasteiger partial charge is 0.0962 e. The molecular formula is C11H21N5. The van der Waals surface area contributed by atoms with E-state index in [2.05, 4.69) is 22.1 Å². The zero-order valence-electron chi connectivity index (χ0n) is 9.97. The van der Waals surface area contributed by atoms with Crippen molar-refractivity contribution >= 4 is 0 Å². The molecule has 0 aliphatic carbocycles. The standard InChI is InChI=1S/C11H21N5/c1-2-10-3-4-15(8-10)5-6-16-9-11(7-12)13-14-16/h9-10H,2-8,12H2,1H3. The molecule has 1 aliphatic rings. The van der Waals surface area contributed by atoms with E-state index >= 15 is 0 Å². The molecule has 90 valence electrons. The van der Waals surface area contributed by atoms with E-state index in [0.717, 1.165) is 24.7 Å². The molecule has 2 rings (SSSR count). The Balaban J connectivity index is 1.75. The fourth-order valence-electron chi connectivity index (χ4n) is 2.23. The summed E-state index contributed by atoms with van der Waals surface area (Å²) in [6.07, 6.45) is 4.59. The van der Waals surface area contributed by atoms with Crippen molar-refractivity contribution in [3.63, 3.8) is 0 Å². The molecule has 16 heavy (non-hydrogen) atoms. The summed E-state index contributed by atoms with van der Waals surface area (Å²) in [4.78, 5) is 2.51. The molecule has 1 atom stereocenters. The van der Waals surface area contributed by atoms with Crippen molar-refractivity contribution in [1.82, 2.24) is 19.9 Å². The van der Waals surface area contributed by atoms with Crippen LogP contribution in [0.5, 0.6) is 0 Å². The second-order valence-corrected chi connectivity index (χ2v) is 4.54. The van der Waals surface area contributed by atoms with Gasteiger partial charge in [0.1, 0.15) is 0 Å². The minimum Gasteiger partial charge on any atom is -0.325 e. The average molecular weight is 223 g/mol. The quantitative estimate of drug-likeness (QED) is 0.788. The first-order valence-corrected chi connectivity index (χ1v) is 6.13. The average Bonchev–Trinajstić information content (AvgIpc) is 2.95. The van der Waals surface area contributed by atoms with Gasteiger partial charge in [0, 0.05) is 25.8 Å². The third kappa shape index (κ3) is 2.80. The van der Waals surface area contributed by atoms with Crippen molar-refractivity contribution in [2.75, 3.05) is 19.6 Å². The minimum atomic E-state index is 0.474. The predicted molar refractivity (Wildman–Crippen MR) is 62.8 cm³/mol. The van der Waals surface area contributed by atoms with Crippen LogP contribution in [0.25, 0.3) is 0 Å². The molecule has 2 heterocycles. The zero-order chi connectivity index (χ0) is 11.4. The van der Waals surface area contributed by atoms with E-state index in [4.69, 9.17) is 5.73 Å². The van der Waals surface area contributed by atoms with Crippen LogP contribution in [-0.4, -0.2) is 39.5 Å². The van der Waals surface area contributed by atoms with Crippen molar-refractivity contribution in [2.45, 2.75) is 32.9 Å². The van der Waals surface area contributed by atoms with Crippen LogP contribution in [0.3, 0.4) is 0 Å². The van der Waals surface area contributed by atoms with E-state index < -0.39 is 0 Å². The molecule has 0 amide bonds. The molecule has 1 aromatic heterocycles. The van der Waals surface area contributed by atoms with Gasteiger partial charge in [-0.2, -0.15) is 0 Å². The summed E-state index contributed by atoms with van der Waals surface area (Å²) in [5.41, 5.74) is 6.36. The molecule has 0 saturated carbocycles. The van der Waals surface area contributed by atoms with Crippen LogP contribution in [0.4, 0.5) is 0 Å². The van der Waals surface area contributed by atoms with Gasteiger partial charge < -0.3 is 10.6 Å².